The number of nitrogens with zero attached hydrogens (tertiary/aromatic N) is 1. The summed E-state index contributed by atoms with van der Waals surface area (Å²) in [6.45, 7) is 2.73. The number of amides is 1. The fraction of sp³-hybridized carbons (Fsp3) is 0.400. The maximum Gasteiger partial charge on any atom is 0.213 e. The van der Waals surface area contributed by atoms with Crippen molar-refractivity contribution in [2.24, 2.45) is 0 Å². The van der Waals surface area contributed by atoms with Gasteiger partial charge in [0.15, 0.2) is 11.5 Å². The van der Waals surface area contributed by atoms with Gasteiger partial charge in [-0.15, -0.1) is 0 Å². The Morgan fingerprint density at radius 1 is 1.25 bits per heavy atom. The summed E-state index contributed by atoms with van der Waals surface area (Å²) in [5, 5.41) is 0. The van der Waals surface area contributed by atoms with E-state index in [1.54, 1.807) is 25.3 Å². The molecule has 0 heterocycles. The Bertz CT molecular complexity index is 474. The van der Waals surface area contributed by atoms with Crippen LogP contribution in [-0.2, 0) is 4.79 Å². The molecule has 0 N–H and O–H groups in total. The average Bonchev–Trinajstić information content (AvgIpc) is 2.48. The van der Waals surface area contributed by atoms with E-state index >= 15 is 0 Å². The molecule has 0 aliphatic heterocycles. The van der Waals surface area contributed by atoms with Crippen LogP contribution in [0.4, 0.5) is 0 Å². The molecule has 1 rings (SSSR count). The van der Waals surface area contributed by atoms with Crippen LogP contribution in [0, 0.1) is 6.92 Å². The lowest BCUT2D eigenvalue weighted by Crippen LogP contribution is -2.16. The predicted molar refractivity (Wildman–Crippen MR) is 89.6 cm³/mol. The Hall–Kier alpha value is -1.24. The number of rotatable bonds is 8. The summed E-state index contributed by atoms with van der Waals surface area (Å²) in [7, 11) is 3.23. The van der Waals surface area contributed by atoms with Gasteiger partial charge in [0.25, 0.3) is 0 Å². The highest BCUT2D eigenvalue weighted by atomic mass is 127. The van der Waals surface area contributed by atoms with Gasteiger partial charge >= 0.3 is 0 Å². The number of hydrogen-bond donors (Lipinski definition) is 0. The van der Waals surface area contributed by atoms with Gasteiger partial charge in [-0.1, -0.05) is 22.6 Å². The van der Waals surface area contributed by atoms with Gasteiger partial charge in [-0.2, -0.15) is 0 Å². The van der Waals surface area contributed by atoms with E-state index in [0.717, 1.165) is 34.9 Å². The molecular formula is C15H20INO3. The summed E-state index contributed by atoms with van der Waals surface area (Å²) in [6.07, 6.45) is 5.54. The van der Waals surface area contributed by atoms with Crippen LogP contribution in [0.1, 0.15) is 17.5 Å². The minimum absolute atomic E-state index is 0.683. The maximum atomic E-state index is 11.0. The number of ether oxygens (including phenoxy) is 2. The fourth-order valence-corrected chi connectivity index (χ4v) is 2.10. The third kappa shape index (κ3) is 4.70. The number of carbonyl (C=O) groups is 1. The van der Waals surface area contributed by atoms with Gasteiger partial charge in [0.05, 0.1) is 14.2 Å². The van der Waals surface area contributed by atoms with Crippen LogP contribution < -0.4 is 9.47 Å². The van der Waals surface area contributed by atoms with Crippen molar-refractivity contribution >= 4 is 35.1 Å². The van der Waals surface area contributed by atoms with Gasteiger partial charge < -0.3 is 14.4 Å². The monoisotopic (exact) mass is 389 g/mol. The standard InChI is InChI=1S/C15H20INO3/c1-12-9-14(19-2)15(20-3)10-13(12)5-8-17(11-18)7-4-6-16/h5,8-11H,4,6-7H2,1-3H3/b8-5-. The molecular weight excluding hydrogens is 369 g/mol. The van der Waals surface area contributed by atoms with Crippen LogP contribution in [-0.4, -0.2) is 36.5 Å². The first-order valence-electron chi connectivity index (χ1n) is 6.34. The molecule has 1 aromatic carbocycles. The lowest BCUT2D eigenvalue weighted by atomic mass is 10.1. The van der Waals surface area contributed by atoms with E-state index in [9.17, 15) is 4.79 Å². The van der Waals surface area contributed by atoms with Crippen molar-refractivity contribution in [1.29, 1.82) is 0 Å². The van der Waals surface area contributed by atoms with Crippen molar-refractivity contribution in [2.75, 3.05) is 25.2 Å². The van der Waals surface area contributed by atoms with Crippen molar-refractivity contribution in [3.63, 3.8) is 0 Å². The number of alkyl halides is 1. The number of aryl methyl sites for hydroxylation is 1. The van der Waals surface area contributed by atoms with Crippen LogP contribution in [0.2, 0.25) is 0 Å². The molecule has 1 amide bonds. The Morgan fingerprint density at radius 3 is 2.45 bits per heavy atom. The van der Waals surface area contributed by atoms with E-state index in [4.69, 9.17) is 9.47 Å². The third-order valence-electron chi connectivity index (χ3n) is 2.90. The molecule has 0 aliphatic carbocycles. The van der Waals surface area contributed by atoms with Crippen LogP contribution >= 0.6 is 22.6 Å². The van der Waals surface area contributed by atoms with Gasteiger partial charge in [0, 0.05) is 17.2 Å². The smallest absolute Gasteiger partial charge is 0.213 e. The molecule has 5 heteroatoms. The minimum Gasteiger partial charge on any atom is -0.493 e. The van der Waals surface area contributed by atoms with E-state index in [1.165, 1.54) is 0 Å². The van der Waals surface area contributed by atoms with Crippen molar-refractivity contribution in [2.45, 2.75) is 13.3 Å². The van der Waals surface area contributed by atoms with Gasteiger partial charge in [-0.05, 0) is 42.7 Å². The highest BCUT2D eigenvalue weighted by Gasteiger charge is 2.07. The van der Waals surface area contributed by atoms with Crippen LogP contribution in [0.15, 0.2) is 18.3 Å². The SMILES string of the molecule is COc1cc(C)c(/C=C\N(C=O)CCCI)cc1OC. The summed E-state index contributed by atoms with van der Waals surface area (Å²) in [5.41, 5.74) is 2.07. The van der Waals surface area contributed by atoms with Crippen molar-refractivity contribution in [3.05, 3.63) is 29.5 Å². The Balaban J connectivity index is 2.93. The maximum absolute atomic E-state index is 11.0. The number of hydrogen-bond acceptors (Lipinski definition) is 3. The summed E-state index contributed by atoms with van der Waals surface area (Å²) < 4.78 is 11.6. The molecule has 0 fully saturated rings. The molecule has 0 bridgehead atoms. The van der Waals surface area contributed by atoms with E-state index in [-0.39, 0.29) is 0 Å². The highest BCUT2D eigenvalue weighted by Crippen LogP contribution is 2.30. The largest absolute Gasteiger partial charge is 0.493 e. The van der Waals surface area contributed by atoms with Crippen molar-refractivity contribution in [1.82, 2.24) is 4.90 Å². The Morgan fingerprint density at radius 2 is 1.90 bits per heavy atom. The topological polar surface area (TPSA) is 38.8 Å². The molecule has 1 aromatic rings. The molecule has 0 spiro atoms. The molecule has 0 saturated carbocycles. The van der Waals surface area contributed by atoms with Crippen LogP contribution in [0.25, 0.3) is 6.08 Å². The van der Waals surface area contributed by atoms with E-state index in [2.05, 4.69) is 22.6 Å². The summed E-state index contributed by atoms with van der Waals surface area (Å²) in [4.78, 5) is 12.6. The van der Waals surface area contributed by atoms with Gasteiger partial charge in [0.2, 0.25) is 6.41 Å². The lowest BCUT2D eigenvalue weighted by molar-refractivity contribution is -0.115. The fourth-order valence-electron chi connectivity index (χ4n) is 1.76. The molecule has 20 heavy (non-hydrogen) atoms. The van der Waals surface area contributed by atoms with Gasteiger partial charge in [0.1, 0.15) is 0 Å². The number of halogens is 1. The van der Waals surface area contributed by atoms with E-state index < -0.39 is 0 Å². The molecule has 0 radical (unpaired) electrons. The second-order valence-electron chi connectivity index (χ2n) is 4.27. The number of benzene rings is 1. The van der Waals surface area contributed by atoms with Gasteiger partial charge in [-0.25, -0.2) is 0 Å². The Labute approximate surface area is 133 Å². The quantitative estimate of drug-likeness (QED) is 0.389. The third-order valence-corrected chi connectivity index (χ3v) is 3.67. The second kappa shape index (κ2) is 8.84. The number of methoxy groups -OCH3 is 2. The first-order valence-corrected chi connectivity index (χ1v) is 7.86. The van der Waals surface area contributed by atoms with E-state index in [1.807, 2.05) is 25.1 Å². The van der Waals surface area contributed by atoms with Crippen molar-refractivity contribution in [3.8, 4) is 11.5 Å². The average molecular weight is 389 g/mol. The van der Waals surface area contributed by atoms with Crippen molar-refractivity contribution < 1.29 is 14.3 Å². The second-order valence-corrected chi connectivity index (χ2v) is 5.34. The lowest BCUT2D eigenvalue weighted by Gasteiger charge is -2.13. The molecule has 0 saturated heterocycles. The number of carbonyl (C=O) groups excluding carboxylic acids is 1. The highest BCUT2D eigenvalue weighted by molar-refractivity contribution is 14.1. The zero-order chi connectivity index (χ0) is 15.0. The predicted octanol–water partition coefficient (Wildman–Crippen LogP) is 3.27. The van der Waals surface area contributed by atoms with Crippen LogP contribution in [0.3, 0.4) is 0 Å². The van der Waals surface area contributed by atoms with Crippen LogP contribution in [0.5, 0.6) is 11.5 Å². The Kier molecular flexibility index (Phi) is 7.43. The van der Waals surface area contributed by atoms with E-state index in [0.29, 0.717) is 11.5 Å². The molecule has 0 aliphatic rings. The first kappa shape index (κ1) is 16.8. The molecule has 0 unspecified atom stereocenters. The molecule has 4 nitrogen and oxygen atoms in total. The molecule has 110 valence electrons. The van der Waals surface area contributed by atoms with Gasteiger partial charge in [-0.3, -0.25) is 4.79 Å². The summed E-state index contributed by atoms with van der Waals surface area (Å²) in [6, 6.07) is 3.83. The summed E-state index contributed by atoms with van der Waals surface area (Å²) in [5.74, 6) is 1.39. The zero-order valence-corrected chi connectivity index (χ0v) is 14.2. The summed E-state index contributed by atoms with van der Waals surface area (Å²) >= 11 is 2.30. The molecule has 0 atom stereocenters. The first-order chi connectivity index (χ1) is 9.65. The molecule has 0 aromatic heterocycles. The zero-order valence-electron chi connectivity index (χ0n) is 12.1. The minimum atomic E-state index is 0.683. The normalized spacial score (nSPS) is 10.6.